The van der Waals surface area contributed by atoms with Crippen LogP contribution in [0.4, 0.5) is 0 Å². The highest BCUT2D eigenvalue weighted by atomic mass is 35.5. The van der Waals surface area contributed by atoms with Crippen molar-refractivity contribution in [2.24, 2.45) is 11.7 Å². The molecular weight excluding hydrogens is 552 g/mol. The van der Waals surface area contributed by atoms with Crippen LogP contribution >= 0.6 is 11.6 Å². The number of carbonyl (C=O) groups is 2. The van der Waals surface area contributed by atoms with Crippen LogP contribution in [0.15, 0.2) is 48.5 Å². The van der Waals surface area contributed by atoms with E-state index in [1.54, 1.807) is 36.4 Å². The Labute approximate surface area is 255 Å². The fraction of sp³-hybridized carbons (Fsp3) is 0.562. The summed E-state index contributed by atoms with van der Waals surface area (Å²) in [7, 11) is 2.17. The molecule has 2 unspecified atom stereocenters. The number of nitrogens with zero attached hydrogens (tertiary/aromatic N) is 4. The number of piperidine rings is 1. The summed E-state index contributed by atoms with van der Waals surface area (Å²) in [6, 6.07) is 13.1. The summed E-state index contributed by atoms with van der Waals surface area (Å²) < 4.78 is 0. The summed E-state index contributed by atoms with van der Waals surface area (Å²) in [5.41, 5.74) is 7.68. The van der Waals surface area contributed by atoms with Gasteiger partial charge in [0.25, 0.3) is 0 Å². The Kier molecular flexibility index (Phi) is 11.6. The first-order valence-electron chi connectivity index (χ1n) is 15.2. The molecule has 0 bridgehead atoms. The molecule has 2 aliphatic heterocycles. The molecule has 2 amide bonds. The van der Waals surface area contributed by atoms with Crippen molar-refractivity contribution in [3.63, 3.8) is 0 Å². The third-order valence-electron chi connectivity index (χ3n) is 8.32. The maximum Gasteiger partial charge on any atom is 0.245 e. The summed E-state index contributed by atoms with van der Waals surface area (Å²) in [4.78, 5) is 31.3. The number of nitrogens with one attached hydrogen (secondary N) is 1. The number of hydrogen-bond donors (Lipinski definition) is 3. The number of hydrazine groups is 1. The van der Waals surface area contributed by atoms with Crippen molar-refractivity contribution in [1.29, 1.82) is 0 Å². The number of benzene rings is 2. The van der Waals surface area contributed by atoms with E-state index in [1.165, 1.54) is 0 Å². The number of aromatic hydroxyl groups is 1. The highest BCUT2D eigenvalue weighted by molar-refractivity contribution is 6.30. The lowest BCUT2D eigenvalue weighted by molar-refractivity contribution is -0.140. The molecule has 0 aromatic heterocycles. The molecule has 2 saturated heterocycles. The van der Waals surface area contributed by atoms with E-state index in [2.05, 4.69) is 41.1 Å². The van der Waals surface area contributed by atoms with Crippen LogP contribution in [0.2, 0.25) is 5.02 Å². The fourth-order valence-corrected chi connectivity index (χ4v) is 6.07. The first-order chi connectivity index (χ1) is 20.1. The zero-order chi connectivity index (χ0) is 30.2. The smallest absolute Gasteiger partial charge is 0.245 e. The van der Waals surface area contributed by atoms with Crippen LogP contribution in [0.3, 0.4) is 0 Å². The third-order valence-corrected chi connectivity index (χ3v) is 8.57. The van der Waals surface area contributed by atoms with Crippen LogP contribution in [0, 0.1) is 5.92 Å². The van der Waals surface area contributed by atoms with Crippen LogP contribution in [-0.4, -0.2) is 102 Å². The maximum absolute atomic E-state index is 13.9. The monoisotopic (exact) mass is 598 g/mol. The van der Waals surface area contributed by atoms with E-state index in [1.807, 2.05) is 17.0 Å². The lowest BCUT2D eigenvalue weighted by Crippen LogP contribution is -2.60. The second kappa shape index (κ2) is 15.2. The van der Waals surface area contributed by atoms with Crippen molar-refractivity contribution in [3.05, 3.63) is 64.7 Å². The van der Waals surface area contributed by atoms with Crippen LogP contribution in [0.5, 0.6) is 5.75 Å². The average Bonchev–Trinajstić information content (AvgIpc) is 2.97. The maximum atomic E-state index is 13.9. The van der Waals surface area contributed by atoms with E-state index >= 15 is 0 Å². The van der Waals surface area contributed by atoms with Crippen molar-refractivity contribution >= 4 is 23.4 Å². The van der Waals surface area contributed by atoms with Gasteiger partial charge in [0.05, 0.1) is 0 Å². The Morgan fingerprint density at radius 2 is 1.67 bits per heavy atom. The van der Waals surface area contributed by atoms with Gasteiger partial charge >= 0.3 is 0 Å². The van der Waals surface area contributed by atoms with Crippen LogP contribution < -0.4 is 11.1 Å². The normalized spacial score (nSPS) is 18.8. The molecular formula is C32H47ClN6O3. The van der Waals surface area contributed by atoms with Gasteiger partial charge in [-0.3, -0.25) is 9.59 Å². The topological polar surface area (TPSA) is 105 Å². The van der Waals surface area contributed by atoms with Gasteiger partial charge in [0.15, 0.2) is 0 Å². The zero-order valence-electron chi connectivity index (χ0n) is 25.2. The van der Waals surface area contributed by atoms with Crippen molar-refractivity contribution in [3.8, 4) is 5.75 Å². The zero-order valence-corrected chi connectivity index (χ0v) is 26.0. The molecule has 2 atom stereocenters. The molecule has 0 radical (unpaired) electrons. The predicted octanol–water partition coefficient (Wildman–Crippen LogP) is 3.27. The van der Waals surface area contributed by atoms with Gasteiger partial charge in [-0.15, -0.1) is 0 Å². The van der Waals surface area contributed by atoms with E-state index in [0.29, 0.717) is 42.1 Å². The van der Waals surface area contributed by atoms with Crippen molar-refractivity contribution in [1.82, 2.24) is 25.1 Å². The molecule has 0 spiro atoms. The average molecular weight is 599 g/mol. The second-order valence-corrected chi connectivity index (χ2v) is 12.6. The van der Waals surface area contributed by atoms with Crippen molar-refractivity contribution < 1.29 is 14.7 Å². The van der Waals surface area contributed by atoms with E-state index in [4.69, 9.17) is 17.3 Å². The number of likely N-dealkylation sites (N-methyl/N-ethyl adjacent to an activating group) is 1. The Morgan fingerprint density at radius 3 is 2.29 bits per heavy atom. The molecule has 2 aliphatic rings. The van der Waals surface area contributed by atoms with Gasteiger partial charge in [-0.05, 0) is 49.6 Å². The van der Waals surface area contributed by atoms with Gasteiger partial charge in [0.1, 0.15) is 11.8 Å². The minimum absolute atomic E-state index is 0.0424. The van der Waals surface area contributed by atoms with E-state index < -0.39 is 12.1 Å². The van der Waals surface area contributed by atoms with Gasteiger partial charge < -0.3 is 26.0 Å². The molecule has 10 heteroatoms. The molecule has 4 rings (SSSR count). The number of amides is 2. The van der Waals surface area contributed by atoms with Gasteiger partial charge in [-0.2, -0.15) is 0 Å². The van der Waals surface area contributed by atoms with Gasteiger partial charge in [-0.1, -0.05) is 55.8 Å². The standard InChI is InChI=1S/C32H47ClN6O3/c1-23(2)22-39(38-18-16-36(3)17-19-38)26-12-14-37(15-13-26)32(42)29(20-24-8-10-25(33)11-9-24)35-31(41)21-28(34)27-6-4-5-7-30(27)40/h4-11,23,26,28-29,40H,12-22,34H2,1-3H3,(H,35,41). The second-order valence-electron chi connectivity index (χ2n) is 12.1. The lowest BCUT2D eigenvalue weighted by Gasteiger charge is -2.47. The lowest BCUT2D eigenvalue weighted by atomic mass is 9.99. The number of nitrogens with two attached hydrogens (primary N) is 1. The van der Waals surface area contributed by atoms with E-state index in [-0.39, 0.29) is 24.0 Å². The van der Waals surface area contributed by atoms with Crippen LogP contribution in [-0.2, 0) is 16.0 Å². The quantitative estimate of drug-likeness (QED) is 0.365. The minimum atomic E-state index is -0.726. The Hall–Kier alpha value is -2.69. The Morgan fingerprint density at radius 1 is 1.02 bits per heavy atom. The molecule has 0 saturated carbocycles. The van der Waals surface area contributed by atoms with Crippen molar-refractivity contribution in [2.45, 2.75) is 57.7 Å². The van der Waals surface area contributed by atoms with Crippen LogP contribution in [0.25, 0.3) is 0 Å². The fourth-order valence-electron chi connectivity index (χ4n) is 5.95. The van der Waals surface area contributed by atoms with Gasteiger partial charge in [0.2, 0.25) is 11.8 Å². The number of piperazine rings is 1. The number of rotatable bonds is 11. The summed E-state index contributed by atoms with van der Waals surface area (Å²) in [6.07, 6.45) is 2.10. The van der Waals surface area contributed by atoms with Gasteiger partial charge in [0, 0.05) is 81.3 Å². The molecule has 0 aliphatic carbocycles. The largest absolute Gasteiger partial charge is 0.508 e. The predicted molar refractivity (Wildman–Crippen MR) is 167 cm³/mol. The first-order valence-corrected chi connectivity index (χ1v) is 15.5. The Bertz CT molecular complexity index is 1160. The summed E-state index contributed by atoms with van der Waals surface area (Å²) in [6.45, 7) is 11.0. The highest BCUT2D eigenvalue weighted by Gasteiger charge is 2.34. The highest BCUT2D eigenvalue weighted by Crippen LogP contribution is 2.25. The van der Waals surface area contributed by atoms with Gasteiger partial charge in [-0.25, -0.2) is 10.0 Å². The first kappa shape index (κ1) is 32.2. The number of halogens is 1. The van der Waals surface area contributed by atoms with Crippen molar-refractivity contribution in [2.75, 3.05) is 52.9 Å². The number of carbonyl (C=O) groups excluding carboxylic acids is 2. The third kappa shape index (κ3) is 8.91. The summed E-state index contributed by atoms with van der Waals surface area (Å²) in [5, 5.41) is 18.8. The SMILES string of the molecule is CC(C)CN(C1CCN(C(=O)C(Cc2ccc(Cl)cc2)NC(=O)CC(N)c2ccccc2O)CC1)N1CCN(C)CC1. The summed E-state index contributed by atoms with van der Waals surface area (Å²) >= 11 is 6.09. The molecule has 4 N–H and O–H groups in total. The Balaban J connectivity index is 1.42. The number of para-hydroxylation sites is 1. The molecule has 42 heavy (non-hydrogen) atoms. The molecule has 2 aromatic carbocycles. The number of phenolic OH excluding ortho intramolecular Hbond substituents is 1. The number of hydrogen-bond acceptors (Lipinski definition) is 7. The summed E-state index contributed by atoms with van der Waals surface area (Å²) in [5.74, 6) is 0.194. The molecule has 230 valence electrons. The molecule has 9 nitrogen and oxygen atoms in total. The molecule has 2 heterocycles. The minimum Gasteiger partial charge on any atom is -0.508 e. The van der Waals surface area contributed by atoms with E-state index in [9.17, 15) is 14.7 Å². The molecule has 2 fully saturated rings. The number of phenols is 1. The molecule has 2 aromatic rings. The number of likely N-dealkylation sites (tertiary alicyclic amines) is 1. The van der Waals surface area contributed by atoms with Crippen LogP contribution in [0.1, 0.15) is 50.3 Å². The van der Waals surface area contributed by atoms with E-state index in [0.717, 1.165) is 51.1 Å².